The summed E-state index contributed by atoms with van der Waals surface area (Å²) in [4.78, 5) is 2.27. The zero-order chi connectivity index (χ0) is 10.5. The van der Waals surface area contributed by atoms with Gasteiger partial charge in [0.2, 0.25) is 0 Å². The Hall–Kier alpha value is -1.06. The first-order valence-corrected chi connectivity index (χ1v) is 5.47. The van der Waals surface area contributed by atoms with Crippen molar-refractivity contribution in [1.82, 2.24) is 5.32 Å². The van der Waals surface area contributed by atoms with E-state index in [1.165, 1.54) is 11.3 Å². The lowest BCUT2D eigenvalue weighted by Gasteiger charge is -2.38. The third-order valence-electron chi connectivity index (χ3n) is 3.58. The van der Waals surface area contributed by atoms with Gasteiger partial charge in [0.25, 0.3) is 0 Å². The van der Waals surface area contributed by atoms with Crippen LogP contribution in [0, 0.1) is 0 Å². The molecule has 2 aliphatic rings. The number of nitrogens with one attached hydrogen (secondary N) is 1. The van der Waals surface area contributed by atoms with Gasteiger partial charge in [-0.2, -0.15) is 0 Å². The third kappa shape index (κ3) is 1.27. The van der Waals surface area contributed by atoms with E-state index in [1.54, 1.807) is 0 Å². The van der Waals surface area contributed by atoms with Crippen LogP contribution in [0.2, 0.25) is 0 Å². The lowest BCUT2D eigenvalue weighted by atomic mass is 9.87. The molecule has 0 bridgehead atoms. The van der Waals surface area contributed by atoms with Crippen LogP contribution in [0.15, 0.2) is 18.2 Å². The number of hydrogen-bond acceptors (Lipinski definition) is 3. The van der Waals surface area contributed by atoms with Crippen LogP contribution < -0.4 is 10.2 Å². The summed E-state index contributed by atoms with van der Waals surface area (Å²) in [5.41, 5.74) is 3.14. The Morgan fingerprint density at radius 2 is 2.20 bits per heavy atom. The van der Waals surface area contributed by atoms with E-state index in [0.29, 0.717) is 13.1 Å². The summed E-state index contributed by atoms with van der Waals surface area (Å²) < 4.78 is 0. The van der Waals surface area contributed by atoms with Gasteiger partial charge in [-0.05, 0) is 23.6 Å². The SMILES string of the molecule is CN1CCc2cc(C3(O)CNC3)ccc21. The second-order valence-corrected chi connectivity index (χ2v) is 4.65. The Balaban J connectivity index is 1.99. The minimum Gasteiger partial charge on any atom is -0.382 e. The molecule has 3 rings (SSSR count). The van der Waals surface area contributed by atoms with Crippen LogP contribution >= 0.6 is 0 Å². The normalized spacial score (nSPS) is 22.4. The van der Waals surface area contributed by atoms with Crippen molar-refractivity contribution in [2.24, 2.45) is 0 Å². The molecule has 1 aromatic carbocycles. The van der Waals surface area contributed by atoms with Crippen LogP contribution in [0.4, 0.5) is 5.69 Å². The molecule has 80 valence electrons. The number of benzene rings is 1. The predicted molar refractivity (Wildman–Crippen MR) is 60.2 cm³/mol. The summed E-state index contributed by atoms with van der Waals surface area (Å²) in [6, 6.07) is 6.36. The van der Waals surface area contributed by atoms with E-state index in [4.69, 9.17) is 0 Å². The first-order chi connectivity index (χ1) is 7.19. The van der Waals surface area contributed by atoms with E-state index in [0.717, 1.165) is 18.5 Å². The quantitative estimate of drug-likeness (QED) is 0.698. The topological polar surface area (TPSA) is 35.5 Å². The average molecular weight is 204 g/mol. The van der Waals surface area contributed by atoms with Gasteiger partial charge in [0.1, 0.15) is 5.60 Å². The van der Waals surface area contributed by atoms with Crippen LogP contribution in [0.1, 0.15) is 11.1 Å². The van der Waals surface area contributed by atoms with Crippen molar-refractivity contribution < 1.29 is 5.11 Å². The van der Waals surface area contributed by atoms with Crippen molar-refractivity contribution >= 4 is 5.69 Å². The van der Waals surface area contributed by atoms with Crippen LogP contribution in [0.5, 0.6) is 0 Å². The molecular formula is C12H16N2O. The molecule has 2 N–H and O–H groups in total. The predicted octanol–water partition coefficient (Wildman–Crippen LogP) is 0.470. The molecule has 3 nitrogen and oxygen atoms in total. The lowest BCUT2D eigenvalue weighted by molar-refractivity contribution is -0.0146. The van der Waals surface area contributed by atoms with Gasteiger partial charge < -0.3 is 15.3 Å². The molecule has 0 aliphatic carbocycles. The fraction of sp³-hybridized carbons (Fsp3) is 0.500. The highest BCUT2D eigenvalue weighted by Gasteiger charge is 2.36. The number of aliphatic hydroxyl groups is 1. The molecule has 0 aromatic heterocycles. The molecule has 0 atom stereocenters. The Morgan fingerprint density at radius 3 is 2.87 bits per heavy atom. The number of β-amino-alcohol motifs (C(OH)–C–C–N with tert-alkyl or cyclic N) is 1. The summed E-state index contributed by atoms with van der Waals surface area (Å²) in [5, 5.41) is 13.3. The van der Waals surface area contributed by atoms with E-state index in [2.05, 4.69) is 35.5 Å². The summed E-state index contributed by atoms with van der Waals surface area (Å²) in [6.45, 7) is 2.46. The smallest absolute Gasteiger partial charge is 0.114 e. The van der Waals surface area contributed by atoms with Gasteiger partial charge in [-0.1, -0.05) is 12.1 Å². The second-order valence-electron chi connectivity index (χ2n) is 4.65. The standard InChI is InChI=1S/C12H16N2O/c1-14-5-4-9-6-10(2-3-11(9)14)12(15)7-13-8-12/h2-3,6,13,15H,4-5,7-8H2,1H3. The number of likely N-dealkylation sites (N-methyl/N-ethyl adjacent to an activating group) is 1. The number of anilines is 1. The maximum Gasteiger partial charge on any atom is 0.114 e. The van der Waals surface area contributed by atoms with Crippen molar-refractivity contribution in [3.05, 3.63) is 29.3 Å². The molecule has 1 aromatic rings. The Morgan fingerprint density at radius 1 is 1.40 bits per heavy atom. The number of nitrogens with zero attached hydrogens (tertiary/aromatic N) is 1. The van der Waals surface area contributed by atoms with Gasteiger partial charge in [0, 0.05) is 32.4 Å². The number of fused-ring (bicyclic) bond motifs is 1. The molecule has 1 saturated heterocycles. The third-order valence-corrected chi connectivity index (χ3v) is 3.58. The molecular weight excluding hydrogens is 188 g/mol. The number of rotatable bonds is 1. The van der Waals surface area contributed by atoms with E-state index >= 15 is 0 Å². The first kappa shape index (κ1) is 9.19. The lowest BCUT2D eigenvalue weighted by Crippen LogP contribution is -2.56. The maximum atomic E-state index is 10.2. The van der Waals surface area contributed by atoms with Gasteiger partial charge in [0.05, 0.1) is 0 Å². The molecule has 0 radical (unpaired) electrons. The van der Waals surface area contributed by atoms with Crippen molar-refractivity contribution in [3.63, 3.8) is 0 Å². The van der Waals surface area contributed by atoms with Gasteiger partial charge in [-0.15, -0.1) is 0 Å². The van der Waals surface area contributed by atoms with Crippen molar-refractivity contribution in [2.75, 3.05) is 31.6 Å². The zero-order valence-corrected chi connectivity index (χ0v) is 8.95. The van der Waals surface area contributed by atoms with Crippen molar-refractivity contribution in [2.45, 2.75) is 12.0 Å². The molecule has 3 heteroatoms. The highest BCUT2D eigenvalue weighted by molar-refractivity contribution is 5.59. The minimum absolute atomic E-state index is 0.615. The molecule has 0 saturated carbocycles. The highest BCUT2D eigenvalue weighted by atomic mass is 16.3. The zero-order valence-electron chi connectivity index (χ0n) is 8.95. The Bertz CT molecular complexity index is 399. The van der Waals surface area contributed by atoms with Crippen LogP contribution in [-0.4, -0.2) is 31.8 Å². The molecule has 2 heterocycles. The molecule has 15 heavy (non-hydrogen) atoms. The Labute approximate surface area is 89.7 Å². The van der Waals surface area contributed by atoms with Crippen molar-refractivity contribution in [3.8, 4) is 0 Å². The largest absolute Gasteiger partial charge is 0.382 e. The summed E-state index contributed by atoms with van der Waals surface area (Å²) in [7, 11) is 2.12. The monoisotopic (exact) mass is 204 g/mol. The average Bonchev–Trinajstić information content (AvgIpc) is 2.56. The van der Waals surface area contributed by atoms with Crippen LogP contribution in [0.25, 0.3) is 0 Å². The molecule has 1 fully saturated rings. The number of hydrogen-bond donors (Lipinski definition) is 2. The van der Waals surface area contributed by atoms with Gasteiger partial charge in [-0.25, -0.2) is 0 Å². The highest BCUT2D eigenvalue weighted by Crippen LogP contribution is 2.32. The van der Waals surface area contributed by atoms with E-state index in [-0.39, 0.29) is 0 Å². The Kier molecular flexibility index (Phi) is 1.82. The molecule has 0 spiro atoms. The van der Waals surface area contributed by atoms with Gasteiger partial charge in [0.15, 0.2) is 0 Å². The summed E-state index contributed by atoms with van der Waals surface area (Å²) in [5.74, 6) is 0. The minimum atomic E-state index is -0.615. The van der Waals surface area contributed by atoms with Gasteiger partial charge in [-0.3, -0.25) is 0 Å². The van der Waals surface area contributed by atoms with Crippen LogP contribution in [0.3, 0.4) is 0 Å². The fourth-order valence-corrected chi connectivity index (χ4v) is 2.42. The van der Waals surface area contributed by atoms with Crippen molar-refractivity contribution in [1.29, 1.82) is 0 Å². The molecule has 2 aliphatic heterocycles. The molecule has 0 amide bonds. The van der Waals surface area contributed by atoms with E-state index in [9.17, 15) is 5.11 Å². The maximum absolute atomic E-state index is 10.2. The van der Waals surface area contributed by atoms with Crippen LogP contribution in [-0.2, 0) is 12.0 Å². The van der Waals surface area contributed by atoms with E-state index in [1.807, 2.05) is 0 Å². The van der Waals surface area contributed by atoms with Gasteiger partial charge >= 0.3 is 0 Å². The summed E-state index contributed by atoms with van der Waals surface area (Å²) in [6.07, 6.45) is 1.10. The first-order valence-electron chi connectivity index (χ1n) is 5.47. The second kappa shape index (κ2) is 2.97. The molecule has 0 unspecified atom stereocenters. The van der Waals surface area contributed by atoms with E-state index < -0.39 is 5.60 Å². The fourth-order valence-electron chi connectivity index (χ4n) is 2.42. The summed E-state index contributed by atoms with van der Waals surface area (Å²) >= 11 is 0.